The molecule has 5 rings (SSSR count). The van der Waals surface area contributed by atoms with Gasteiger partial charge in [-0.25, -0.2) is 9.78 Å². The lowest BCUT2D eigenvalue weighted by atomic mass is 9.70. The van der Waals surface area contributed by atoms with Gasteiger partial charge in [0.25, 0.3) is 0 Å². The maximum atomic E-state index is 13.0. The molecule has 2 aromatic rings. The van der Waals surface area contributed by atoms with Gasteiger partial charge in [0.05, 0.1) is 17.4 Å². The molecule has 2 fully saturated rings. The van der Waals surface area contributed by atoms with E-state index in [1.165, 1.54) is 11.0 Å². The molecule has 2 saturated heterocycles. The van der Waals surface area contributed by atoms with Crippen molar-refractivity contribution in [1.82, 2.24) is 35.0 Å². The van der Waals surface area contributed by atoms with Crippen molar-refractivity contribution in [2.24, 2.45) is 5.41 Å². The normalized spacial score (nSPS) is 21.9. The molecule has 5 heterocycles. The number of piperidine rings is 2. The number of nitrogens with zero attached hydrogens (tertiary/aromatic N) is 7. The van der Waals surface area contributed by atoms with Crippen LogP contribution in [-0.4, -0.2) is 84.8 Å². The number of aryl methyl sites for hydroxylation is 1. The van der Waals surface area contributed by atoms with Crippen LogP contribution in [0.15, 0.2) is 29.7 Å². The lowest BCUT2D eigenvalue weighted by Crippen LogP contribution is -2.49. The lowest BCUT2D eigenvalue weighted by molar-refractivity contribution is -0.139. The zero-order valence-electron chi connectivity index (χ0n) is 19.5. The second-order valence-corrected chi connectivity index (χ2v) is 9.53. The molecule has 0 saturated carbocycles. The van der Waals surface area contributed by atoms with Gasteiger partial charge < -0.3 is 19.6 Å². The highest BCUT2D eigenvalue weighted by Crippen LogP contribution is 2.43. The molecule has 0 aromatic carbocycles. The molecule has 0 aliphatic carbocycles. The number of aromatic nitrogens is 5. The number of hydrogen-bond donors (Lipinski definition) is 1. The SMILES string of the molecule is CC1=C(N2CCC3(CCN(CC(O)c4ccc(-n5cnnn5)nc4C)CC3)CC2=O)COC1=O. The number of rotatable bonds is 5. The summed E-state index contributed by atoms with van der Waals surface area (Å²) in [6.07, 6.45) is 4.08. The van der Waals surface area contributed by atoms with Crippen molar-refractivity contribution in [1.29, 1.82) is 0 Å². The monoisotopic (exact) mass is 467 g/mol. The number of ether oxygens (including phenoxy) is 1. The minimum Gasteiger partial charge on any atom is -0.456 e. The van der Waals surface area contributed by atoms with Crippen LogP contribution in [-0.2, 0) is 14.3 Å². The smallest absolute Gasteiger partial charge is 0.336 e. The molecule has 180 valence electrons. The average molecular weight is 468 g/mol. The fourth-order valence-corrected chi connectivity index (χ4v) is 5.30. The van der Waals surface area contributed by atoms with Gasteiger partial charge in [0.15, 0.2) is 5.82 Å². The molecule has 1 N–H and O–H groups in total. The Hall–Kier alpha value is -3.18. The van der Waals surface area contributed by atoms with Crippen molar-refractivity contribution in [3.63, 3.8) is 0 Å². The van der Waals surface area contributed by atoms with Gasteiger partial charge in [-0.2, -0.15) is 4.68 Å². The van der Waals surface area contributed by atoms with E-state index in [2.05, 4.69) is 25.4 Å². The summed E-state index contributed by atoms with van der Waals surface area (Å²) in [6.45, 7) is 6.61. The second-order valence-electron chi connectivity index (χ2n) is 9.53. The third kappa shape index (κ3) is 4.21. The lowest BCUT2D eigenvalue weighted by Gasteiger charge is -2.46. The van der Waals surface area contributed by atoms with Gasteiger partial charge in [-0.1, -0.05) is 6.07 Å². The molecule has 3 aliphatic rings. The highest BCUT2D eigenvalue weighted by molar-refractivity contribution is 5.92. The van der Waals surface area contributed by atoms with Crippen LogP contribution in [0, 0.1) is 12.3 Å². The van der Waals surface area contributed by atoms with E-state index in [1.54, 1.807) is 17.9 Å². The van der Waals surface area contributed by atoms with E-state index in [1.807, 2.05) is 13.0 Å². The van der Waals surface area contributed by atoms with Crippen LogP contribution < -0.4 is 0 Å². The van der Waals surface area contributed by atoms with E-state index >= 15 is 0 Å². The number of hydrogen-bond acceptors (Lipinski definition) is 9. The average Bonchev–Trinajstić information content (AvgIpc) is 3.47. The Kier molecular flexibility index (Phi) is 5.90. The largest absolute Gasteiger partial charge is 0.456 e. The summed E-state index contributed by atoms with van der Waals surface area (Å²) in [5.41, 5.74) is 2.80. The number of aliphatic hydroxyl groups is 1. The minimum absolute atomic E-state index is 0.00206. The molecule has 1 amide bonds. The summed E-state index contributed by atoms with van der Waals surface area (Å²) in [5.74, 6) is 0.357. The van der Waals surface area contributed by atoms with Crippen LogP contribution in [0.2, 0.25) is 0 Å². The summed E-state index contributed by atoms with van der Waals surface area (Å²) in [7, 11) is 0. The molecule has 0 bridgehead atoms. The van der Waals surface area contributed by atoms with Gasteiger partial charge in [-0.15, -0.1) is 5.10 Å². The first-order valence-electron chi connectivity index (χ1n) is 11.6. The third-order valence-electron chi connectivity index (χ3n) is 7.50. The van der Waals surface area contributed by atoms with Crippen molar-refractivity contribution >= 4 is 11.9 Å². The third-order valence-corrected chi connectivity index (χ3v) is 7.50. The van der Waals surface area contributed by atoms with Crippen LogP contribution >= 0.6 is 0 Å². The molecule has 0 radical (unpaired) electrons. The molecule has 11 heteroatoms. The Morgan fingerprint density at radius 1 is 1.15 bits per heavy atom. The Bertz CT molecular complexity index is 1120. The van der Waals surface area contributed by atoms with Gasteiger partial charge >= 0.3 is 5.97 Å². The number of carbonyl (C=O) groups excluding carboxylic acids is 2. The summed E-state index contributed by atoms with van der Waals surface area (Å²) in [6, 6.07) is 3.67. The number of cyclic esters (lactones) is 1. The van der Waals surface area contributed by atoms with Gasteiger partial charge in [-0.05, 0) is 68.1 Å². The molecule has 1 spiro atoms. The Morgan fingerprint density at radius 3 is 2.53 bits per heavy atom. The standard InChI is InChI=1S/C23H29N7O4/c1-15-18(13-34-22(15)33)29-10-7-23(11-21(29)32)5-8-28(9-6-23)12-19(31)17-3-4-20(25-16(17)2)30-14-24-26-27-30/h3-4,14,19,31H,5-13H2,1-2H3. The van der Waals surface area contributed by atoms with E-state index in [0.29, 0.717) is 30.9 Å². The zero-order chi connectivity index (χ0) is 23.9. The van der Waals surface area contributed by atoms with Crippen LogP contribution in [0.1, 0.15) is 50.0 Å². The van der Waals surface area contributed by atoms with Crippen LogP contribution in [0.4, 0.5) is 0 Å². The van der Waals surface area contributed by atoms with Crippen molar-refractivity contribution in [3.05, 3.63) is 41.0 Å². The number of tetrazole rings is 1. The highest BCUT2D eigenvalue weighted by Gasteiger charge is 2.43. The molecule has 1 unspecified atom stereocenters. The van der Waals surface area contributed by atoms with Crippen molar-refractivity contribution < 1.29 is 19.4 Å². The minimum atomic E-state index is -0.650. The van der Waals surface area contributed by atoms with E-state index in [9.17, 15) is 14.7 Å². The molecule has 3 aliphatic heterocycles. The van der Waals surface area contributed by atoms with E-state index in [0.717, 1.165) is 49.3 Å². The van der Waals surface area contributed by atoms with Crippen LogP contribution in [0.5, 0.6) is 0 Å². The molecule has 2 aromatic heterocycles. The van der Waals surface area contributed by atoms with Crippen LogP contribution in [0.3, 0.4) is 0 Å². The topological polar surface area (TPSA) is 127 Å². The van der Waals surface area contributed by atoms with Gasteiger partial charge in [0.1, 0.15) is 12.9 Å². The van der Waals surface area contributed by atoms with Gasteiger partial charge in [0, 0.05) is 30.8 Å². The maximum absolute atomic E-state index is 13.0. The maximum Gasteiger partial charge on any atom is 0.336 e. The number of likely N-dealkylation sites (tertiary alicyclic amines) is 2. The summed E-state index contributed by atoms with van der Waals surface area (Å²) in [5, 5.41) is 22.0. The van der Waals surface area contributed by atoms with Crippen molar-refractivity contribution in [2.45, 2.75) is 45.6 Å². The number of esters is 1. The Balaban J connectivity index is 1.17. The molecule has 11 nitrogen and oxygen atoms in total. The zero-order valence-corrected chi connectivity index (χ0v) is 19.5. The predicted molar refractivity (Wildman–Crippen MR) is 119 cm³/mol. The number of β-amino-alcohol motifs (C(OH)–C–C–N with tert-alkyl or cyclic N) is 1. The first-order chi connectivity index (χ1) is 16.3. The molecular formula is C23H29N7O4. The predicted octanol–water partition coefficient (Wildman–Crippen LogP) is 0.935. The number of pyridine rings is 1. The molecule has 34 heavy (non-hydrogen) atoms. The molecular weight excluding hydrogens is 438 g/mol. The summed E-state index contributed by atoms with van der Waals surface area (Å²) in [4.78, 5) is 33.2. The first kappa shape index (κ1) is 22.6. The summed E-state index contributed by atoms with van der Waals surface area (Å²) < 4.78 is 6.57. The number of aliphatic hydroxyl groups excluding tert-OH is 1. The van der Waals surface area contributed by atoms with Gasteiger partial charge in [-0.3, -0.25) is 4.79 Å². The highest BCUT2D eigenvalue weighted by atomic mass is 16.5. The van der Waals surface area contributed by atoms with Crippen molar-refractivity contribution in [2.75, 3.05) is 32.8 Å². The molecule has 1 atom stereocenters. The summed E-state index contributed by atoms with van der Waals surface area (Å²) >= 11 is 0. The van der Waals surface area contributed by atoms with Crippen LogP contribution in [0.25, 0.3) is 5.82 Å². The first-order valence-corrected chi connectivity index (χ1v) is 11.6. The van der Waals surface area contributed by atoms with Crippen molar-refractivity contribution in [3.8, 4) is 5.82 Å². The Morgan fingerprint density at radius 2 is 1.91 bits per heavy atom. The van der Waals surface area contributed by atoms with Gasteiger partial charge in [0.2, 0.25) is 5.91 Å². The fourth-order valence-electron chi connectivity index (χ4n) is 5.30. The fraction of sp³-hybridized carbons (Fsp3) is 0.565. The second kappa shape index (κ2) is 8.88. The quantitative estimate of drug-likeness (QED) is 0.639. The van der Waals surface area contributed by atoms with E-state index < -0.39 is 6.10 Å². The van der Waals surface area contributed by atoms with E-state index in [-0.39, 0.29) is 23.9 Å². The number of amides is 1. The number of carbonyl (C=O) groups is 2. The van der Waals surface area contributed by atoms with E-state index in [4.69, 9.17) is 4.74 Å². The Labute approximate surface area is 197 Å².